The van der Waals surface area contributed by atoms with Gasteiger partial charge in [0.1, 0.15) is 17.2 Å². The number of nitrogens with zero attached hydrogens (tertiary/aromatic N) is 3. The number of fused-ring (bicyclic) bond motifs is 1. The lowest BCUT2D eigenvalue weighted by atomic mass is 10.1. The van der Waals surface area contributed by atoms with Crippen molar-refractivity contribution in [2.75, 3.05) is 13.2 Å². The molecule has 5 aromatic rings. The fraction of sp³-hybridized carbons (Fsp3) is 0.265. The van der Waals surface area contributed by atoms with Gasteiger partial charge in [-0.05, 0) is 56.3 Å². The molecule has 19 heteroatoms. The molecule has 0 fully saturated rings. The third-order valence-corrected chi connectivity index (χ3v) is 7.06. The molecule has 0 bridgehead atoms. The molecule has 0 aliphatic rings. The largest absolute Gasteiger partial charge is 0.483 e. The van der Waals surface area contributed by atoms with E-state index in [9.17, 15) is 49.1 Å². The highest BCUT2D eigenvalue weighted by atomic mass is 19.4. The predicted molar refractivity (Wildman–Crippen MR) is 171 cm³/mol. The maximum Gasteiger partial charge on any atom is 0.422 e. The van der Waals surface area contributed by atoms with Crippen molar-refractivity contribution in [1.82, 2.24) is 30.6 Å². The Hall–Kier alpha value is -5.88. The van der Waals surface area contributed by atoms with Crippen LogP contribution in [0.15, 0.2) is 85.5 Å². The smallest absolute Gasteiger partial charge is 0.422 e. The van der Waals surface area contributed by atoms with Gasteiger partial charge in [0.05, 0.1) is 47.0 Å². The monoisotopic (exact) mass is 756 g/mol. The van der Waals surface area contributed by atoms with Crippen LogP contribution < -0.4 is 20.1 Å². The van der Waals surface area contributed by atoms with Crippen molar-refractivity contribution in [3.63, 3.8) is 0 Å². The average molecular weight is 757 g/mol. The molecule has 0 saturated carbocycles. The highest BCUT2D eigenvalue weighted by Gasteiger charge is 2.31. The number of rotatable bonds is 10. The number of aromatic nitrogens is 4. The van der Waals surface area contributed by atoms with E-state index in [1.807, 2.05) is 24.3 Å². The number of nitrogens with one attached hydrogen (secondary N) is 3. The van der Waals surface area contributed by atoms with Crippen molar-refractivity contribution in [2.24, 2.45) is 0 Å². The Kier molecular flexibility index (Phi) is 12.5. The number of aromatic amines is 1. The molecule has 4 heterocycles. The van der Waals surface area contributed by atoms with Gasteiger partial charge >= 0.3 is 18.5 Å². The summed E-state index contributed by atoms with van der Waals surface area (Å²) in [5, 5.41) is 6.11. The number of para-hydroxylation sites is 1. The Morgan fingerprint density at radius 1 is 0.679 bits per heavy atom. The number of amides is 2. The minimum atomic E-state index is -4.56. The number of ether oxygens (including phenoxy) is 2. The average Bonchev–Trinajstić information content (AvgIpc) is 3.54. The Morgan fingerprint density at radius 2 is 1.21 bits per heavy atom. The molecule has 53 heavy (non-hydrogen) atoms. The van der Waals surface area contributed by atoms with Crippen LogP contribution >= 0.6 is 0 Å². The van der Waals surface area contributed by atoms with E-state index in [4.69, 9.17) is 0 Å². The normalized spacial score (nSPS) is 13.0. The number of hydrogen-bond acceptors (Lipinski definition) is 7. The summed E-state index contributed by atoms with van der Waals surface area (Å²) in [6, 6.07) is 13.5. The first-order valence-electron chi connectivity index (χ1n) is 15.3. The second-order valence-electron chi connectivity index (χ2n) is 11.2. The molecule has 4 aromatic heterocycles. The van der Waals surface area contributed by atoms with Gasteiger partial charge in [0.15, 0.2) is 13.2 Å². The SMILES string of the molecule is C[C@@H](NC(=O)c1c[nH]c2ccccc12)c1ccc(OCC(F)(F)F)cn1.C[C@@H](NC(=O)c1ccc(C(F)(F)F)cn1)c1ccc(OCC(F)(F)F)cn1. The van der Waals surface area contributed by atoms with E-state index in [1.54, 1.807) is 20.0 Å². The van der Waals surface area contributed by atoms with Crippen molar-refractivity contribution in [2.45, 2.75) is 44.5 Å². The molecule has 1 aromatic carbocycles. The first-order chi connectivity index (χ1) is 24.8. The molecule has 5 rings (SSSR count). The molecule has 2 amide bonds. The summed E-state index contributed by atoms with van der Waals surface area (Å²) in [4.78, 5) is 39.0. The lowest BCUT2D eigenvalue weighted by molar-refractivity contribution is -0.154. The van der Waals surface area contributed by atoms with Gasteiger partial charge in [0, 0.05) is 23.3 Å². The zero-order valence-corrected chi connectivity index (χ0v) is 27.5. The third-order valence-electron chi connectivity index (χ3n) is 7.06. The van der Waals surface area contributed by atoms with Crippen LogP contribution in [0.1, 0.15) is 63.7 Å². The summed E-state index contributed by atoms with van der Waals surface area (Å²) in [7, 11) is 0. The van der Waals surface area contributed by atoms with Crippen LogP contribution in [0.25, 0.3) is 10.9 Å². The number of carbonyl (C=O) groups excluding carboxylic acids is 2. The molecule has 0 aliphatic heterocycles. The van der Waals surface area contributed by atoms with Crippen molar-refractivity contribution in [3.05, 3.63) is 114 Å². The summed E-state index contributed by atoms with van der Waals surface area (Å²) < 4.78 is 119. The number of H-pyrrole nitrogens is 1. The second kappa shape index (κ2) is 16.6. The van der Waals surface area contributed by atoms with Crippen LogP contribution in [0, 0.1) is 0 Å². The van der Waals surface area contributed by atoms with Crippen LogP contribution in [0.4, 0.5) is 39.5 Å². The molecule has 0 spiro atoms. The van der Waals surface area contributed by atoms with Gasteiger partial charge in [-0.15, -0.1) is 0 Å². The molecule has 0 radical (unpaired) electrons. The van der Waals surface area contributed by atoms with Gasteiger partial charge in [-0.3, -0.25) is 24.5 Å². The second-order valence-corrected chi connectivity index (χ2v) is 11.2. The number of halogens is 9. The molecule has 0 saturated heterocycles. The van der Waals surface area contributed by atoms with Crippen LogP contribution in [-0.4, -0.2) is 57.3 Å². The maximum atomic E-state index is 12.5. The van der Waals surface area contributed by atoms with Crippen molar-refractivity contribution >= 4 is 22.7 Å². The van der Waals surface area contributed by atoms with E-state index >= 15 is 0 Å². The van der Waals surface area contributed by atoms with E-state index in [1.165, 1.54) is 30.5 Å². The Balaban J connectivity index is 0.000000237. The third kappa shape index (κ3) is 12.1. The van der Waals surface area contributed by atoms with Gasteiger partial charge in [-0.2, -0.15) is 39.5 Å². The van der Waals surface area contributed by atoms with Crippen LogP contribution in [0.3, 0.4) is 0 Å². The number of benzene rings is 1. The van der Waals surface area contributed by atoms with Gasteiger partial charge < -0.3 is 25.1 Å². The first-order valence-corrected chi connectivity index (χ1v) is 15.3. The van der Waals surface area contributed by atoms with E-state index in [2.05, 4.69) is 40.0 Å². The highest BCUT2D eigenvalue weighted by molar-refractivity contribution is 6.06. The van der Waals surface area contributed by atoms with Crippen LogP contribution in [0.2, 0.25) is 0 Å². The van der Waals surface area contributed by atoms with Crippen LogP contribution in [-0.2, 0) is 6.18 Å². The summed E-state index contributed by atoms with van der Waals surface area (Å²) in [5.41, 5.74) is 0.988. The van der Waals surface area contributed by atoms with Crippen molar-refractivity contribution in [3.8, 4) is 11.5 Å². The lowest BCUT2D eigenvalue weighted by Gasteiger charge is -2.14. The summed E-state index contributed by atoms with van der Waals surface area (Å²) in [6.07, 6.45) is -8.99. The highest BCUT2D eigenvalue weighted by Crippen LogP contribution is 2.28. The molecule has 2 atom stereocenters. The lowest BCUT2D eigenvalue weighted by Crippen LogP contribution is -2.28. The Morgan fingerprint density at radius 3 is 1.66 bits per heavy atom. The molecule has 0 aliphatic carbocycles. The molecular formula is C34H29F9N6O4. The molecular weight excluding hydrogens is 727 g/mol. The van der Waals surface area contributed by atoms with Gasteiger partial charge in [0.2, 0.25) is 0 Å². The quantitative estimate of drug-likeness (QED) is 0.124. The minimum Gasteiger partial charge on any atom is -0.483 e. The molecule has 282 valence electrons. The van der Waals surface area contributed by atoms with Gasteiger partial charge in [-0.1, -0.05) is 18.2 Å². The fourth-order valence-corrected chi connectivity index (χ4v) is 4.44. The predicted octanol–water partition coefficient (Wildman–Crippen LogP) is 7.92. The maximum absolute atomic E-state index is 12.5. The summed E-state index contributed by atoms with van der Waals surface area (Å²) in [6.45, 7) is 0.451. The van der Waals surface area contributed by atoms with Gasteiger partial charge in [-0.25, -0.2) is 0 Å². The molecule has 10 nitrogen and oxygen atoms in total. The summed E-state index contributed by atoms with van der Waals surface area (Å²) in [5.74, 6) is -1.08. The molecule has 3 N–H and O–H groups in total. The van der Waals surface area contributed by atoms with E-state index in [-0.39, 0.29) is 23.1 Å². The first kappa shape index (κ1) is 39.9. The Labute approximate surface area is 294 Å². The zero-order valence-electron chi connectivity index (χ0n) is 27.5. The Bertz CT molecular complexity index is 1960. The number of hydrogen-bond donors (Lipinski definition) is 3. The number of carbonyl (C=O) groups is 2. The number of pyridine rings is 3. The fourth-order valence-electron chi connectivity index (χ4n) is 4.44. The topological polar surface area (TPSA) is 131 Å². The zero-order chi connectivity index (χ0) is 39.0. The van der Waals surface area contributed by atoms with Crippen LogP contribution in [0.5, 0.6) is 11.5 Å². The minimum absolute atomic E-state index is 0.0150. The summed E-state index contributed by atoms with van der Waals surface area (Å²) >= 11 is 0. The van der Waals surface area contributed by atoms with E-state index in [0.717, 1.165) is 29.2 Å². The van der Waals surface area contributed by atoms with E-state index in [0.29, 0.717) is 23.1 Å². The van der Waals surface area contributed by atoms with E-state index < -0.39 is 55.3 Å². The molecule has 0 unspecified atom stereocenters. The standard InChI is InChI=1S/C18H16F3N3O2.C16H13F6N3O2/c1-11(15-7-6-12(8-22-15)26-10-18(19,20)21)24-17(25)14-9-23-16-5-3-2-4-13(14)16;1-9(12-5-3-11(7-24-12)27-8-15(17,18)19)25-14(26)13-4-2-10(6-23-13)16(20,21)22/h2-9,11,23H,10H2,1H3,(H,24,25);2-7,9H,8H2,1H3,(H,25,26)/t11-;9-/m11/s1. The van der Waals surface area contributed by atoms with Crippen molar-refractivity contribution in [1.29, 1.82) is 0 Å². The van der Waals surface area contributed by atoms with Gasteiger partial charge in [0.25, 0.3) is 11.8 Å². The van der Waals surface area contributed by atoms with Crippen molar-refractivity contribution < 1.29 is 58.6 Å². The number of alkyl halides is 9.